The molecular formula is C28H27F2N3O4. The fourth-order valence-corrected chi connectivity index (χ4v) is 5.45. The predicted molar refractivity (Wildman–Crippen MR) is 131 cm³/mol. The second-order valence-electron chi connectivity index (χ2n) is 9.98. The molecule has 3 heterocycles. The largest absolute Gasteiger partial charge is 0.420 e. The van der Waals surface area contributed by atoms with E-state index in [1.165, 1.54) is 28.9 Å². The third kappa shape index (κ3) is 4.65. The highest BCUT2D eigenvalue weighted by atomic mass is 19.1. The Hall–Kier alpha value is -3.88. The van der Waals surface area contributed by atoms with E-state index in [1.807, 2.05) is 13.8 Å². The average molecular weight is 508 g/mol. The van der Waals surface area contributed by atoms with E-state index < -0.39 is 40.9 Å². The molecule has 9 heteroatoms. The first-order valence-electron chi connectivity index (χ1n) is 12.4. The summed E-state index contributed by atoms with van der Waals surface area (Å²) < 4.78 is 34.7. The topological polar surface area (TPSA) is 81.5 Å². The maximum absolute atomic E-state index is 13.9. The second kappa shape index (κ2) is 9.88. The van der Waals surface area contributed by atoms with Crippen molar-refractivity contribution in [2.75, 3.05) is 6.54 Å². The number of ether oxygens (including phenoxy) is 1. The molecule has 0 aliphatic carbocycles. The van der Waals surface area contributed by atoms with Crippen LogP contribution in [-0.4, -0.2) is 39.1 Å². The fourth-order valence-electron chi connectivity index (χ4n) is 5.45. The molecule has 1 fully saturated rings. The van der Waals surface area contributed by atoms with Crippen molar-refractivity contribution >= 4 is 11.9 Å². The molecular weight excluding hydrogens is 480 g/mol. The number of fused-ring (bicyclic) bond motifs is 2. The lowest BCUT2D eigenvalue weighted by Gasteiger charge is -2.42. The van der Waals surface area contributed by atoms with Crippen LogP contribution in [0, 0.1) is 17.6 Å². The highest BCUT2D eigenvalue weighted by Gasteiger charge is 2.48. The van der Waals surface area contributed by atoms with Gasteiger partial charge in [0.2, 0.25) is 11.2 Å². The molecule has 2 aromatic carbocycles. The Bertz CT molecular complexity index is 1340. The standard InChI is InChI=1S/C28H27F2N3O4/c1-16(2)14-23(35)37-27-22(34)15-31-33-25(21-4-3-13-32(21)28(36)26(27)33)24(17-5-9-19(29)10-6-17)18-7-11-20(30)12-8-18/h5-12,15-16,21,24-25H,3-4,13-14H2,1-2H3/t21-,25-/m1/s1. The van der Waals surface area contributed by atoms with Gasteiger partial charge >= 0.3 is 5.97 Å². The van der Waals surface area contributed by atoms with Crippen molar-refractivity contribution < 1.29 is 23.1 Å². The second-order valence-corrected chi connectivity index (χ2v) is 9.98. The van der Waals surface area contributed by atoms with Gasteiger partial charge in [-0.2, -0.15) is 5.10 Å². The molecule has 0 unspecified atom stereocenters. The molecule has 1 aromatic heterocycles. The van der Waals surface area contributed by atoms with Crippen molar-refractivity contribution in [1.29, 1.82) is 0 Å². The minimum absolute atomic E-state index is 0.000615. The summed E-state index contributed by atoms with van der Waals surface area (Å²) >= 11 is 0. The van der Waals surface area contributed by atoms with Gasteiger partial charge < -0.3 is 9.64 Å². The SMILES string of the molecule is CC(C)CC(=O)Oc1c2n(ncc1=O)[C@@H](C(c1ccc(F)cc1)c1ccc(F)cc1)[C@H]1CCCN1C2=O. The fraction of sp³-hybridized carbons (Fsp3) is 0.357. The first kappa shape index (κ1) is 24.8. The first-order valence-corrected chi connectivity index (χ1v) is 12.4. The van der Waals surface area contributed by atoms with E-state index in [1.54, 1.807) is 29.2 Å². The van der Waals surface area contributed by atoms with E-state index in [-0.39, 0.29) is 29.8 Å². The van der Waals surface area contributed by atoms with Crippen LogP contribution >= 0.6 is 0 Å². The number of carbonyl (C=O) groups is 2. The molecule has 5 rings (SSSR count). The van der Waals surface area contributed by atoms with Gasteiger partial charge in [0, 0.05) is 18.9 Å². The number of rotatable bonds is 6. The molecule has 192 valence electrons. The molecule has 0 radical (unpaired) electrons. The number of esters is 1. The molecule has 7 nitrogen and oxygen atoms in total. The number of nitrogens with zero attached hydrogens (tertiary/aromatic N) is 3. The number of halogens is 2. The molecule has 3 aromatic rings. The van der Waals surface area contributed by atoms with Gasteiger partial charge in [-0.05, 0) is 54.2 Å². The van der Waals surface area contributed by atoms with Crippen molar-refractivity contribution in [3.8, 4) is 5.75 Å². The number of aromatic nitrogens is 2. The van der Waals surface area contributed by atoms with Crippen molar-refractivity contribution in [3.63, 3.8) is 0 Å². The maximum atomic E-state index is 13.9. The van der Waals surface area contributed by atoms with Crippen molar-refractivity contribution in [3.05, 3.63) is 93.4 Å². The van der Waals surface area contributed by atoms with E-state index >= 15 is 0 Å². The lowest BCUT2D eigenvalue weighted by atomic mass is 9.80. The minimum Gasteiger partial charge on any atom is -0.420 e. The summed E-state index contributed by atoms with van der Waals surface area (Å²) in [6, 6.07) is 11.2. The third-order valence-corrected chi connectivity index (χ3v) is 7.00. The summed E-state index contributed by atoms with van der Waals surface area (Å²) in [6.45, 7) is 4.17. The number of carbonyl (C=O) groups excluding carboxylic acids is 2. The highest BCUT2D eigenvalue weighted by molar-refractivity contribution is 5.97. The lowest BCUT2D eigenvalue weighted by Crippen LogP contribution is -2.51. The van der Waals surface area contributed by atoms with Crippen LogP contribution in [0.3, 0.4) is 0 Å². The van der Waals surface area contributed by atoms with Crippen molar-refractivity contribution in [2.45, 2.75) is 51.1 Å². The van der Waals surface area contributed by atoms with Crippen LogP contribution in [0.2, 0.25) is 0 Å². The molecule has 0 spiro atoms. The molecule has 37 heavy (non-hydrogen) atoms. The Morgan fingerprint density at radius 1 is 1.03 bits per heavy atom. The zero-order valence-electron chi connectivity index (χ0n) is 20.6. The van der Waals surface area contributed by atoms with E-state index in [0.29, 0.717) is 13.0 Å². The molecule has 0 N–H and O–H groups in total. The maximum Gasteiger partial charge on any atom is 0.311 e. The van der Waals surface area contributed by atoms with Gasteiger partial charge in [0.25, 0.3) is 5.91 Å². The lowest BCUT2D eigenvalue weighted by molar-refractivity contribution is -0.135. The Morgan fingerprint density at radius 3 is 2.19 bits per heavy atom. The van der Waals surface area contributed by atoms with Crippen LogP contribution in [0.1, 0.15) is 66.7 Å². The molecule has 2 aliphatic rings. The van der Waals surface area contributed by atoms with Gasteiger partial charge in [-0.15, -0.1) is 0 Å². The number of amides is 1. The number of benzene rings is 2. The Morgan fingerprint density at radius 2 is 1.62 bits per heavy atom. The summed E-state index contributed by atoms with van der Waals surface area (Å²) in [5, 5.41) is 4.36. The quantitative estimate of drug-likeness (QED) is 0.460. The van der Waals surface area contributed by atoms with E-state index in [9.17, 15) is 23.2 Å². The predicted octanol–water partition coefficient (Wildman–Crippen LogP) is 4.46. The molecule has 1 amide bonds. The van der Waals surface area contributed by atoms with Crippen LogP contribution in [-0.2, 0) is 4.79 Å². The normalized spacial score (nSPS) is 18.8. The van der Waals surface area contributed by atoms with Crippen LogP contribution in [0.25, 0.3) is 0 Å². The summed E-state index contributed by atoms with van der Waals surface area (Å²) in [5.41, 5.74) is 0.739. The van der Waals surface area contributed by atoms with E-state index in [2.05, 4.69) is 5.10 Å². The van der Waals surface area contributed by atoms with Gasteiger partial charge in [0.15, 0.2) is 5.69 Å². The molecule has 1 saturated heterocycles. The third-order valence-electron chi connectivity index (χ3n) is 7.00. The summed E-state index contributed by atoms with van der Waals surface area (Å²) in [6.07, 6.45) is 2.57. The molecule has 2 atom stereocenters. The first-order chi connectivity index (χ1) is 17.7. The highest BCUT2D eigenvalue weighted by Crippen LogP contribution is 2.45. The molecule has 0 saturated carbocycles. The van der Waals surface area contributed by atoms with Crippen molar-refractivity contribution in [1.82, 2.24) is 14.7 Å². The summed E-state index contributed by atoms with van der Waals surface area (Å²) in [4.78, 5) is 40.7. The van der Waals surface area contributed by atoms with Gasteiger partial charge in [-0.25, -0.2) is 13.5 Å². The summed E-state index contributed by atoms with van der Waals surface area (Å²) in [5.74, 6) is -2.63. The number of hydrogen-bond donors (Lipinski definition) is 0. The number of hydrogen-bond acceptors (Lipinski definition) is 5. The molecule has 2 aliphatic heterocycles. The Kier molecular flexibility index (Phi) is 6.62. The zero-order chi connectivity index (χ0) is 26.3. The summed E-state index contributed by atoms with van der Waals surface area (Å²) in [7, 11) is 0. The average Bonchev–Trinajstić information content (AvgIpc) is 3.34. The Balaban J connectivity index is 1.71. The zero-order valence-corrected chi connectivity index (χ0v) is 20.6. The van der Waals surface area contributed by atoms with Crippen LogP contribution < -0.4 is 10.2 Å². The molecule has 0 bridgehead atoms. The van der Waals surface area contributed by atoms with Crippen molar-refractivity contribution in [2.24, 2.45) is 5.92 Å². The van der Waals surface area contributed by atoms with Crippen LogP contribution in [0.4, 0.5) is 8.78 Å². The van der Waals surface area contributed by atoms with Gasteiger partial charge in [-0.3, -0.25) is 14.4 Å². The van der Waals surface area contributed by atoms with E-state index in [0.717, 1.165) is 23.7 Å². The minimum atomic E-state index is -0.659. The van der Waals surface area contributed by atoms with Gasteiger partial charge in [-0.1, -0.05) is 38.1 Å². The van der Waals surface area contributed by atoms with Crippen LogP contribution in [0.15, 0.2) is 59.5 Å². The monoisotopic (exact) mass is 507 g/mol. The smallest absolute Gasteiger partial charge is 0.311 e. The van der Waals surface area contributed by atoms with Crippen LogP contribution in [0.5, 0.6) is 5.75 Å². The van der Waals surface area contributed by atoms with E-state index in [4.69, 9.17) is 4.74 Å². The van der Waals surface area contributed by atoms with Gasteiger partial charge in [0.05, 0.1) is 18.3 Å². The van der Waals surface area contributed by atoms with Gasteiger partial charge in [0.1, 0.15) is 11.6 Å². The Labute approximate surface area is 212 Å².